The first-order chi connectivity index (χ1) is 17.3. The molecule has 0 bridgehead atoms. The van der Waals surface area contributed by atoms with Crippen LogP contribution in [0.5, 0.6) is 0 Å². The van der Waals surface area contributed by atoms with E-state index in [0.29, 0.717) is 28.0 Å². The monoisotopic (exact) mass is 588 g/mol. The van der Waals surface area contributed by atoms with Gasteiger partial charge in [0.25, 0.3) is 0 Å². The van der Waals surface area contributed by atoms with Crippen LogP contribution in [0.25, 0.3) is 0 Å². The van der Waals surface area contributed by atoms with Gasteiger partial charge in [-0.1, -0.05) is 39.0 Å². The zero-order chi connectivity index (χ0) is 27.1. The zero-order valence-electron chi connectivity index (χ0n) is 20.6. The van der Waals surface area contributed by atoms with Crippen LogP contribution in [0.2, 0.25) is 0 Å². The maximum absolute atomic E-state index is 14.3. The Kier molecular flexibility index (Phi) is 7.67. The first kappa shape index (κ1) is 27.5. The van der Waals surface area contributed by atoms with Crippen LogP contribution < -0.4 is 9.80 Å². The molecule has 0 N–H and O–H groups in total. The summed E-state index contributed by atoms with van der Waals surface area (Å²) < 4.78 is 82.9. The molecule has 4 nitrogen and oxygen atoms in total. The molecule has 0 aliphatic carbocycles. The number of halogens is 7. The Morgan fingerprint density at radius 2 is 1.68 bits per heavy atom. The number of hydrogen-bond acceptors (Lipinski definition) is 4. The van der Waals surface area contributed by atoms with Gasteiger partial charge in [0, 0.05) is 11.0 Å². The van der Waals surface area contributed by atoms with Gasteiger partial charge >= 0.3 is 12.4 Å². The first-order valence-electron chi connectivity index (χ1n) is 11.9. The van der Waals surface area contributed by atoms with Crippen LogP contribution in [0.15, 0.2) is 63.2 Å². The van der Waals surface area contributed by atoms with Crippen LogP contribution in [-0.2, 0) is 0 Å². The molecule has 2 aliphatic heterocycles. The fourth-order valence-electron chi connectivity index (χ4n) is 4.67. The van der Waals surface area contributed by atoms with Crippen LogP contribution in [-0.4, -0.2) is 49.4 Å². The third kappa shape index (κ3) is 5.82. The zero-order valence-corrected chi connectivity index (χ0v) is 22.2. The van der Waals surface area contributed by atoms with Crippen molar-refractivity contribution in [3.05, 3.63) is 63.8 Å². The number of para-hydroxylation sites is 2. The summed E-state index contributed by atoms with van der Waals surface area (Å²) in [7, 11) is 0. The quantitative estimate of drug-likeness (QED) is 0.306. The molecular weight excluding hydrogens is 562 g/mol. The number of fused-ring (bicyclic) bond motifs is 3. The van der Waals surface area contributed by atoms with Crippen molar-refractivity contribution in [2.75, 3.05) is 36.0 Å². The number of anilines is 3. The van der Waals surface area contributed by atoms with Crippen molar-refractivity contribution in [3.8, 4) is 0 Å². The predicted molar refractivity (Wildman–Crippen MR) is 137 cm³/mol. The molecule has 0 aromatic heterocycles. The van der Waals surface area contributed by atoms with E-state index < -0.39 is 31.1 Å². The Balaban J connectivity index is 1.83. The van der Waals surface area contributed by atoms with Crippen LogP contribution in [0.3, 0.4) is 0 Å². The fraction of sp³-hybridized carbons (Fsp3) is 0.423. The number of guanidine groups is 1. The minimum absolute atomic E-state index is 0.0164. The Morgan fingerprint density at radius 1 is 1.00 bits per heavy atom. The van der Waals surface area contributed by atoms with E-state index in [-0.39, 0.29) is 30.5 Å². The fourth-order valence-corrected chi connectivity index (χ4v) is 5.25. The summed E-state index contributed by atoms with van der Waals surface area (Å²) in [5, 5.41) is 0. The lowest BCUT2D eigenvalue weighted by Gasteiger charge is -2.33. The van der Waals surface area contributed by atoms with Gasteiger partial charge in [-0.2, -0.15) is 26.3 Å². The maximum Gasteiger partial charge on any atom is 0.433 e. The molecule has 2 aliphatic rings. The number of hydrogen-bond donors (Lipinski definition) is 0. The largest absolute Gasteiger partial charge is 0.433 e. The highest BCUT2D eigenvalue weighted by atomic mass is 79.9. The molecule has 200 valence electrons. The van der Waals surface area contributed by atoms with Gasteiger partial charge in [-0.3, -0.25) is 9.80 Å². The first-order valence-corrected chi connectivity index (χ1v) is 12.7. The standard InChI is InChI=1S/C26H27BrF6N4/c1-4-11-35(15-25(28,29)30)13-18-14-36-21-7-5-6-8-22(21)37(24(36)34-23(18)26(31,32)33)20-10-9-17(16(2)3)12-19(20)27/h5-10,12,16H,4,11,13-15H2,1-3H3. The molecule has 0 amide bonds. The summed E-state index contributed by atoms with van der Waals surface area (Å²) in [6.45, 7) is 3.80. The second-order valence-electron chi connectivity index (χ2n) is 9.46. The molecule has 37 heavy (non-hydrogen) atoms. The van der Waals surface area contributed by atoms with Crippen molar-refractivity contribution >= 4 is 39.0 Å². The summed E-state index contributed by atoms with van der Waals surface area (Å²) in [6.07, 6.45) is -8.98. The summed E-state index contributed by atoms with van der Waals surface area (Å²) in [6, 6.07) is 12.8. The molecule has 0 unspecified atom stereocenters. The van der Waals surface area contributed by atoms with Gasteiger partial charge in [-0.25, -0.2) is 4.99 Å². The molecule has 0 atom stereocenters. The highest BCUT2D eigenvalue weighted by molar-refractivity contribution is 9.10. The second kappa shape index (κ2) is 10.3. The van der Waals surface area contributed by atoms with Gasteiger partial charge in [0.1, 0.15) is 0 Å². The lowest BCUT2D eigenvalue weighted by molar-refractivity contribution is -0.145. The van der Waals surface area contributed by atoms with E-state index in [0.717, 1.165) is 10.5 Å². The van der Waals surface area contributed by atoms with E-state index in [9.17, 15) is 26.3 Å². The molecule has 0 radical (unpaired) electrons. The van der Waals surface area contributed by atoms with Crippen molar-refractivity contribution < 1.29 is 26.3 Å². The second-order valence-corrected chi connectivity index (χ2v) is 10.3. The Hall–Kier alpha value is -2.53. The predicted octanol–water partition coefficient (Wildman–Crippen LogP) is 7.99. The SMILES string of the molecule is CCCN(CC1=C(C(F)(F)F)N=C2N(C1)c1ccccc1N2c1ccc(C(C)C)cc1Br)CC(F)(F)F. The Bertz CT molecular complexity index is 1220. The number of rotatable bonds is 7. The van der Waals surface area contributed by atoms with Crippen LogP contribution in [0.1, 0.15) is 38.7 Å². The maximum atomic E-state index is 14.3. The summed E-state index contributed by atoms with van der Waals surface area (Å²) in [5.41, 5.74) is 1.62. The average molecular weight is 589 g/mol. The molecular formula is C26H27BrF6N4. The Labute approximate surface area is 220 Å². The number of aliphatic imine (C=N–C) groups is 1. The third-order valence-corrected chi connectivity index (χ3v) is 6.89. The Morgan fingerprint density at radius 3 is 2.24 bits per heavy atom. The van der Waals surface area contributed by atoms with Gasteiger partial charge in [0.15, 0.2) is 5.70 Å². The molecule has 2 heterocycles. The molecule has 0 saturated carbocycles. The normalized spacial score (nSPS) is 16.1. The average Bonchev–Trinajstić information content (AvgIpc) is 3.10. The lowest BCUT2D eigenvalue weighted by Crippen LogP contribution is -2.45. The molecule has 11 heteroatoms. The lowest BCUT2D eigenvalue weighted by atomic mass is 10.0. The molecule has 2 aromatic carbocycles. The molecule has 0 spiro atoms. The topological polar surface area (TPSA) is 22.1 Å². The van der Waals surface area contributed by atoms with Crippen molar-refractivity contribution in [1.29, 1.82) is 0 Å². The molecule has 4 rings (SSSR count). The van der Waals surface area contributed by atoms with E-state index in [1.165, 1.54) is 0 Å². The summed E-state index contributed by atoms with van der Waals surface area (Å²) in [5.74, 6) is 0.318. The van der Waals surface area contributed by atoms with E-state index in [1.807, 2.05) is 32.0 Å². The molecule has 2 aromatic rings. The van der Waals surface area contributed by atoms with Gasteiger partial charge in [0.2, 0.25) is 5.96 Å². The van der Waals surface area contributed by atoms with Gasteiger partial charge < -0.3 is 4.90 Å². The van der Waals surface area contributed by atoms with Gasteiger partial charge in [-0.05, 0) is 70.2 Å². The van der Waals surface area contributed by atoms with Crippen molar-refractivity contribution in [3.63, 3.8) is 0 Å². The summed E-state index contributed by atoms with van der Waals surface area (Å²) >= 11 is 3.58. The third-order valence-electron chi connectivity index (χ3n) is 6.26. The van der Waals surface area contributed by atoms with Crippen molar-refractivity contribution in [1.82, 2.24) is 4.90 Å². The van der Waals surface area contributed by atoms with Gasteiger partial charge in [0.05, 0.1) is 30.2 Å². The van der Waals surface area contributed by atoms with Crippen LogP contribution >= 0.6 is 15.9 Å². The highest BCUT2D eigenvalue weighted by Gasteiger charge is 2.45. The minimum Gasteiger partial charge on any atom is -0.305 e. The van der Waals surface area contributed by atoms with E-state index in [1.54, 1.807) is 41.0 Å². The van der Waals surface area contributed by atoms with Crippen molar-refractivity contribution in [2.24, 2.45) is 4.99 Å². The number of benzene rings is 2. The molecule has 0 saturated heterocycles. The van der Waals surface area contributed by atoms with Crippen LogP contribution in [0, 0.1) is 0 Å². The number of allylic oxidation sites excluding steroid dienone is 1. The summed E-state index contributed by atoms with van der Waals surface area (Å²) in [4.78, 5) is 8.37. The highest BCUT2D eigenvalue weighted by Crippen LogP contribution is 2.47. The van der Waals surface area contributed by atoms with E-state index in [2.05, 4.69) is 20.9 Å². The van der Waals surface area contributed by atoms with Gasteiger partial charge in [-0.15, -0.1) is 0 Å². The molecule has 0 fully saturated rings. The number of nitrogens with zero attached hydrogens (tertiary/aromatic N) is 4. The minimum atomic E-state index is -4.83. The number of alkyl halides is 6. The van der Waals surface area contributed by atoms with Crippen molar-refractivity contribution in [2.45, 2.75) is 45.5 Å². The van der Waals surface area contributed by atoms with Crippen LogP contribution in [0.4, 0.5) is 43.4 Å². The van der Waals surface area contributed by atoms with E-state index >= 15 is 0 Å². The van der Waals surface area contributed by atoms with E-state index in [4.69, 9.17) is 0 Å². The smallest absolute Gasteiger partial charge is 0.305 e.